The number of amides is 5. The minimum Gasteiger partial charge on any atom is -0.383 e. The molecule has 5 amide bonds. The van der Waals surface area contributed by atoms with Crippen LogP contribution in [0, 0.1) is 6.92 Å². The van der Waals surface area contributed by atoms with E-state index in [1.807, 2.05) is 37.3 Å². The molecule has 0 saturated carbocycles. The molecule has 9 heteroatoms. The number of aromatic nitrogens is 1. The minimum absolute atomic E-state index is 0.0570. The molecule has 1 aromatic heterocycles. The summed E-state index contributed by atoms with van der Waals surface area (Å²) >= 11 is 0. The molecule has 4 rings (SSSR count). The van der Waals surface area contributed by atoms with E-state index in [4.69, 9.17) is 4.74 Å². The number of hydrogen-bond acceptors (Lipinski definition) is 5. The molecule has 0 spiro atoms. The van der Waals surface area contributed by atoms with Crippen LogP contribution in [-0.2, 0) is 25.7 Å². The molecule has 0 radical (unpaired) electrons. The van der Waals surface area contributed by atoms with Crippen LogP contribution in [0.1, 0.15) is 11.1 Å². The lowest BCUT2D eigenvalue weighted by Gasteiger charge is -2.26. The highest BCUT2D eigenvalue weighted by atomic mass is 16.5. The van der Waals surface area contributed by atoms with Gasteiger partial charge in [-0.1, -0.05) is 30.3 Å². The second kappa shape index (κ2) is 9.72. The number of fused-ring (bicyclic) bond motifs is 1. The summed E-state index contributed by atoms with van der Waals surface area (Å²) in [4.78, 5) is 51.6. The first-order valence-corrected chi connectivity index (χ1v) is 10.7. The van der Waals surface area contributed by atoms with Gasteiger partial charge in [0, 0.05) is 36.3 Å². The number of carbonyl (C=O) groups is 4. The van der Waals surface area contributed by atoms with Crippen LogP contribution in [0.4, 0.5) is 10.5 Å². The van der Waals surface area contributed by atoms with E-state index in [0.717, 1.165) is 21.4 Å². The third-order valence-corrected chi connectivity index (χ3v) is 5.42. The summed E-state index contributed by atoms with van der Waals surface area (Å²) in [6, 6.07) is 13.5. The first kappa shape index (κ1) is 22.9. The van der Waals surface area contributed by atoms with Crippen molar-refractivity contribution in [2.45, 2.75) is 13.5 Å². The zero-order chi connectivity index (χ0) is 24.2. The quantitative estimate of drug-likeness (QED) is 0.320. The van der Waals surface area contributed by atoms with E-state index in [0.29, 0.717) is 24.4 Å². The van der Waals surface area contributed by atoms with Crippen molar-refractivity contribution < 1.29 is 23.9 Å². The van der Waals surface area contributed by atoms with Gasteiger partial charge < -0.3 is 14.6 Å². The molecular weight excluding hydrogens is 436 g/mol. The Morgan fingerprint density at radius 2 is 1.91 bits per heavy atom. The molecule has 3 aromatic rings. The van der Waals surface area contributed by atoms with Gasteiger partial charge in [-0.25, -0.2) is 9.69 Å². The maximum atomic E-state index is 13.2. The molecule has 2 aromatic carbocycles. The molecule has 9 nitrogen and oxygen atoms in total. The summed E-state index contributed by atoms with van der Waals surface area (Å²) in [6.07, 6.45) is 3.16. The maximum absolute atomic E-state index is 13.2. The molecule has 0 atom stereocenters. The Morgan fingerprint density at radius 3 is 2.68 bits per heavy atom. The standard InChI is InChI=1S/C25H24N4O5/c1-16-6-5-7-18(12-16)29-24(32)20(23(31)27-25(29)33)13-17-14-28(15-22(30)26-10-11-34-2)21-9-4-3-8-19(17)21/h3-9,12-14H,10-11,15H2,1-2H3,(H,26,30)(H,27,31,33). The Labute approximate surface area is 196 Å². The van der Waals surface area contributed by atoms with E-state index < -0.39 is 17.8 Å². The van der Waals surface area contributed by atoms with Gasteiger partial charge in [0.15, 0.2) is 0 Å². The van der Waals surface area contributed by atoms with Crippen LogP contribution in [0.3, 0.4) is 0 Å². The number of carbonyl (C=O) groups excluding carboxylic acids is 4. The van der Waals surface area contributed by atoms with Crippen molar-refractivity contribution in [3.63, 3.8) is 0 Å². The summed E-state index contributed by atoms with van der Waals surface area (Å²) in [7, 11) is 1.56. The number of nitrogens with one attached hydrogen (secondary N) is 2. The van der Waals surface area contributed by atoms with Crippen LogP contribution in [0.2, 0.25) is 0 Å². The van der Waals surface area contributed by atoms with Gasteiger partial charge in [-0.3, -0.25) is 19.7 Å². The monoisotopic (exact) mass is 460 g/mol. The predicted octanol–water partition coefficient (Wildman–Crippen LogP) is 2.38. The number of ether oxygens (including phenoxy) is 1. The second-order valence-corrected chi connectivity index (χ2v) is 7.87. The van der Waals surface area contributed by atoms with E-state index >= 15 is 0 Å². The molecule has 1 aliphatic heterocycles. The number of barbiturate groups is 1. The molecule has 0 bridgehead atoms. The lowest BCUT2D eigenvalue weighted by atomic mass is 10.1. The lowest BCUT2D eigenvalue weighted by molar-refractivity contribution is -0.123. The molecular formula is C25H24N4O5. The summed E-state index contributed by atoms with van der Waals surface area (Å²) in [5.41, 5.74) is 2.42. The van der Waals surface area contributed by atoms with Crippen LogP contribution >= 0.6 is 0 Å². The van der Waals surface area contributed by atoms with Gasteiger partial charge in [-0.2, -0.15) is 0 Å². The third kappa shape index (κ3) is 4.60. The predicted molar refractivity (Wildman–Crippen MR) is 127 cm³/mol. The summed E-state index contributed by atoms with van der Waals surface area (Å²) in [5, 5.41) is 5.78. The van der Waals surface area contributed by atoms with Crippen LogP contribution in [0.25, 0.3) is 17.0 Å². The fourth-order valence-electron chi connectivity index (χ4n) is 3.84. The Balaban J connectivity index is 1.70. The van der Waals surface area contributed by atoms with E-state index in [2.05, 4.69) is 10.6 Å². The number of aryl methyl sites for hydroxylation is 1. The van der Waals surface area contributed by atoms with E-state index in [1.165, 1.54) is 6.08 Å². The highest BCUT2D eigenvalue weighted by molar-refractivity contribution is 6.39. The Bertz CT molecular complexity index is 1320. The van der Waals surface area contributed by atoms with Gasteiger partial charge in [-0.05, 0) is 36.8 Å². The third-order valence-electron chi connectivity index (χ3n) is 5.42. The fourth-order valence-corrected chi connectivity index (χ4v) is 3.84. The first-order chi connectivity index (χ1) is 16.4. The smallest absolute Gasteiger partial charge is 0.335 e. The number of para-hydroxylation sites is 1. The van der Waals surface area contributed by atoms with Gasteiger partial charge in [0.1, 0.15) is 12.1 Å². The molecule has 174 valence electrons. The van der Waals surface area contributed by atoms with Gasteiger partial charge >= 0.3 is 6.03 Å². The van der Waals surface area contributed by atoms with Crippen molar-refractivity contribution in [3.05, 3.63) is 71.4 Å². The van der Waals surface area contributed by atoms with Gasteiger partial charge in [-0.15, -0.1) is 0 Å². The zero-order valence-electron chi connectivity index (χ0n) is 18.8. The van der Waals surface area contributed by atoms with E-state index in [1.54, 1.807) is 36.1 Å². The average molecular weight is 460 g/mol. The Hall–Kier alpha value is -4.24. The number of methoxy groups -OCH3 is 1. The number of hydrogen-bond donors (Lipinski definition) is 2. The van der Waals surface area contributed by atoms with Gasteiger partial charge in [0.2, 0.25) is 5.91 Å². The topological polar surface area (TPSA) is 110 Å². The van der Waals surface area contributed by atoms with Crippen LogP contribution < -0.4 is 15.5 Å². The second-order valence-electron chi connectivity index (χ2n) is 7.87. The minimum atomic E-state index is -0.798. The summed E-state index contributed by atoms with van der Waals surface area (Å²) in [5.74, 6) is -1.68. The van der Waals surface area contributed by atoms with Crippen LogP contribution in [-0.4, -0.2) is 48.6 Å². The SMILES string of the molecule is COCCNC(=O)Cn1cc(C=C2C(=O)NC(=O)N(c3cccc(C)c3)C2=O)c2ccccc21. The van der Waals surface area contributed by atoms with E-state index in [-0.39, 0.29) is 18.0 Å². The van der Waals surface area contributed by atoms with Gasteiger partial charge in [0.05, 0.1) is 12.3 Å². The number of imide groups is 2. The zero-order valence-corrected chi connectivity index (χ0v) is 18.8. The van der Waals surface area contributed by atoms with Crippen LogP contribution in [0.5, 0.6) is 0 Å². The fraction of sp³-hybridized carbons (Fsp3) is 0.200. The number of benzene rings is 2. The molecule has 1 aliphatic rings. The average Bonchev–Trinajstić information content (AvgIpc) is 3.14. The lowest BCUT2D eigenvalue weighted by Crippen LogP contribution is -2.54. The van der Waals surface area contributed by atoms with Crippen molar-refractivity contribution >= 4 is 46.4 Å². The molecule has 0 aliphatic carbocycles. The first-order valence-electron chi connectivity index (χ1n) is 10.7. The Morgan fingerprint density at radius 1 is 1.12 bits per heavy atom. The van der Waals surface area contributed by atoms with Crippen molar-refractivity contribution in [2.24, 2.45) is 0 Å². The van der Waals surface area contributed by atoms with Crippen molar-refractivity contribution in [1.29, 1.82) is 0 Å². The summed E-state index contributed by atoms with van der Waals surface area (Å²) in [6.45, 7) is 2.70. The molecule has 34 heavy (non-hydrogen) atoms. The van der Waals surface area contributed by atoms with Crippen molar-refractivity contribution in [3.8, 4) is 0 Å². The van der Waals surface area contributed by atoms with Gasteiger partial charge in [0.25, 0.3) is 11.8 Å². The Kier molecular flexibility index (Phi) is 6.55. The number of anilines is 1. The highest BCUT2D eigenvalue weighted by Gasteiger charge is 2.37. The molecule has 1 fully saturated rings. The molecule has 2 N–H and O–H groups in total. The largest absolute Gasteiger partial charge is 0.383 e. The number of rotatable bonds is 7. The number of nitrogens with zero attached hydrogens (tertiary/aromatic N) is 2. The van der Waals surface area contributed by atoms with Crippen molar-refractivity contribution in [2.75, 3.05) is 25.2 Å². The highest BCUT2D eigenvalue weighted by Crippen LogP contribution is 2.27. The van der Waals surface area contributed by atoms with Crippen molar-refractivity contribution in [1.82, 2.24) is 15.2 Å². The van der Waals surface area contributed by atoms with E-state index in [9.17, 15) is 19.2 Å². The summed E-state index contributed by atoms with van der Waals surface area (Å²) < 4.78 is 6.70. The maximum Gasteiger partial charge on any atom is 0.335 e. The number of urea groups is 1. The molecule has 1 saturated heterocycles. The normalized spacial score (nSPS) is 15.2. The van der Waals surface area contributed by atoms with Crippen LogP contribution in [0.15, 0.2) is 60.3 Å². The molecule has 0 unspecified atom stereocenters. The molecule has 2 heterocycles.